The fraction of sp³-hybridized carbons (Fsp3) is 0.200. The number of amides is 1. The minimum Gasteiger partial charge on any atom is -0.350 e. The van der Waals surface area contributed by atoms with Gasteiger partial charge in [0.1, 0.15) is 5.69 Å². The maximum Gasteiger partial charge on any atom is 0.271 e. The summed E-state index contributed by atoms with van der Waals surface area (Å²) in [6.07, 6.45) is 5.20. The molecule has 0 atom stereocenters. The second kappa shape index (κ2) is 5.32. The second-order valence-corrected chi connectivity index (χ2v) is 3.80. The molecule has 2 aromatic rings. The van der Waals surface area contributed by atoms with Crippen molar-refractivity contribution in [3.8, 4) is 0 Å². The van der Waals surface area contributed by atoms with Crippen molar-refractivity contribution in [2.75, 3.05) is 6.54 Å². The lowest BCUT2D eigenvalue weighted by Gasteiger charge is -2.02. The van der Waals surface area contributed by atoms with E-state index in [1.54, 1.807) is 16.8 Å². The van der Waals surface area contributed by atoms with Crippen LogP contribution in [0.1, 0.15) is 16.2 Å². The minimum absolute atomic E-state index is 0.205. The third kappa shape index (κ3) is 2.83. The fourth-order valence-electron chi connectivity index (χ4n) is 1.17. The van der Waals surface area contributed by atoms with Gasteiger partial charge in [-0.25, -0.2) is 9.97 Å². The number of carbonyl (C=O) groups excluding carboxylic acids is 1. The van der Waals surface area contributed by atoms with Crippen molar-refractivity contribution in [3.63, 3.8) is 0 Å². The van der Waals surface area contributed by atoms with Gasteiger partial charge in [0.2, 0.25) is 0 Å². The molecular formula is C10H10N4OS. The van der Waals surface area contributed by atoms with Gasteiger partial charge in [-0.15, -0.1) is 11.3 Å². The van der Waals surface area contributed by atoms with Crippen LogP contribution in [0.25, 0.3) is 0 Å². The van der Waals surface area contributed by atoms with Crippen LogP contribution in [0.2, 0.25) is 0 Å². The van der Waals surface area contributed by atoms with E-state index in [4.69, 9.17) is 0 Å². The van der Waals surface area contributed by atoms with E-state index in [1.807, 2.05) is 5.38 Å². The highest BCUT2D eigenvalue weighted by Gasteiger charge is 2.05. The third-order valence-corrected chi connectivity index (χ3v) is 2.58. The summed E-state index contributed by atoms with van der Waals surface area (Å²) in [5.74, 6) is -0.205. The lowest BCUT2D eigenvalue weighted by molar-refractivity contribution is 0.0948. The Kier molecular flexibility index (Phi) is 3.55. The van der Waals surface area contributed by atoms with Crippen molar-refractivity contribution in [3.05, 3.63) is 40.9 Å². The van der Waals surface area contributed by atoms with E-state index < -0.39 is 0 Å². The van der Waals surface area contributed by atoms with Gasteiger partial charge < -0.3 is 5.32 Å². The number of thiazole rings is 1. The molecule has 2 heterocycles. The Morgan fingerprint density at radius 1 is 1.38 bits per heavy atom. The lowest BCUT2D eigenvalue weighted by Crippen LogP contribution is -2.26. The summed E-state index contributed by atoms with van der Waals surface area (Å²) in [4.78, 5) is 23.4. The van der Waals surface area contributed by atoms with Crippen molar-refractivity contribution >= 4 is 17.2 Å². The first kappa shape index (κ1) is 10.7. The van der Waals surface area contributed by atoms with Crippen LogP contribution in [0.3, 0.4) is 0 Å². The zero-order chi connectivity index (χ0) is 11.2. The van der Waals surface area contributed by atoms with Gasteiger partial charge in [0, 0.05) is 30.7 Å². The van der Waals surface area contributed by atoms with Gasteiger partial charge in [-0.05, 0) is 0 Å². The van der Waals surface area contributed by atoms with Crippen LogP contribution in [0, 0.1) is 0 Å². The zero-order valence-corrected chi connectivity index (χ0v) is 9.28. The minimum atomic E-state index is -0.205. The summed E-state index contributed by atoms with van der Waals surface area (Å²) < 4.78 is 0. The topological polar surface area (TPSA) is 67.8 Å². The highest BCUT2D eigenvalue weighted by atomic mass is 32.1. The number of rotatable bonds is 4. The maximum absolute atomic E-state index is 11.5. The van der Waals surface area contributed by atoms with Crippen molar-refractivity contribution in [1.29, 1.82) is 0 Å². The van der Waals surface area contributed by atoms with E-state index in [1.165, 1.54) is 18.6 Å². The van der Waals surface area contributed by atoms with Crippen LogP contribution in [0.15, 0.2) is 29.5 Å². The van der Waals surface area contributed by atoms with Gasteiger partial charge in [-0.1, -0.05) is 0 Å². The molecular weight excluding hydrogens is 224 g/mol. The molecule has 0 aromatic carbocycles. The van der Waals surface area contributed by atoms with Crippen LogP contribution >= 0.6 is 11.3 Å². The van der Waals surface area contributed by atoms with Crippen molar-refractivity contribution in [2.24, 2.45) is 0 Å². The predicted octanol–water partition coefficient (Wildman–Crippen LogP) is 0.906. The number of hydrogen-bond donors (Lipinski definition) is 1. The second-order valence-electron chi connectivity index (χ2n) is 3.08. The predicted molar refractivity (Wildman–Crippen MR) is 60.2 cm³/mol. The molecule has 16 heavy (non-hydrogen) atoms. The summed E-state index contributed by atoms with van der Waals surface area (Å²) >= 11 is 1.55. The fourth-order valence-corrected chi connectivity index (χ4v) is 1.76. The van der Waals surface area contributed by atoms with Crippen molar-refractivity contribution < 1.29 is 4.79 Å². The quantitative estimate of drug-likeness (QED) is 0.853. The number of carbonyl (C=O) groups is 1. The summed E-state index contributed by atoms with van der Waals surface area (Å²) in [5.41, 5.74) is 3.10. The molecule has 0 bridgehead atoms. The first-order valence-corrected chi connectivity index (χ1v) is 5.72. The third-order valence-electron chi connectivity index (χ3n) is 1.95. The van der Waals surface area contributed by atoms with Crippen LogP contribution in [-0.4, -0.2) is 27.4 Å². The molecule has 0 aliphatic carbocycles. The molecule has 0 unspecified atom stereocenters. The smallest absolute Gasteiger partial charge is 0.271 e. The molecule has 0 fully saturated rings. The van der Waals surface area contributed by atoms with E-state index >= 15 is 0 Å². The number of aromatic nitrogens is 3. The first-order chi connectivity index (χ1) is 7.86. The molecule has 0 aliphatic heterocycles. The lowest BCUT2D eigenvalue weighted by atomic mass is 10.3. The number of nitrogens with one attached hydrogen (secondary N) is 1. The Bertz CT molecular complexity index is 443. The van der Waals surface area contributed by atoms with E-state index in [9.17, 15) is 4.79 Å². The average Bonchev–Trinajstić information content (AvgIpc) is 2.83. The Morgan fingerprint density at radius 3 is 3.00 bits per heavy atom. The van der Waals surface area contributed by atoms with Crippen molar-refractivity contribution in [1.82, 2.24) is 20.3 Å². The molecule has 0 saturated carbocycles. The molecule has 2 aromatic heterocycles. The molecule has 0 saturated heterocycles. The monoisotopic (exact) mass is 234 g/mol. The van der Waals surface area contributed by atoms with E-state index in [-0.39, 0.29) is 5.91 Å². The van der Waals surface area contributed by atoms with Crippen LogP contribution in [-0.2, 0) is 6.42 Å². The van der Waals surface area contributed by atoms with Gasteiger partial charge in [0.15, 0.2) is 0 Å². The summed E-state index contributed by atoms with van der Waals surface area (Å²) in [7, 11) is 0. The maximum atomic E-state index is 11.5. The largest absolute Gasteiger partial charge is 0.350 e. The van der Waals surface area contributed by atoms with E-state index in [0.29, 0.717) is 12.2 Å². The number of hydrogen-bond acceptors (Lipinski definition) is 5. The Morgan fingerprint density at radius 2 is 2.31 bits per heavy atom. The van der Waals surface area contributed by atoms with Crippen molar-refractivity contribution in [2.45, 2.75) is 6.42 Å². The highest BCUT2D eigenvalue weighted by molar-refractivity contribution is 7.07. The molecule has 0 spiro atoms. The standard InChI is InChI=1S/C10H10N4OS/c15-10(9-5-11-3-4-12-9)13-2-1-8-6-16-7-14-8/h3-7H,1-2H2,(H,13,15). The van der Waals surface area contributed by atoms with Gasteiger partial charge in [-0.2, -0.15) is 0 Å². The molecule has 1 N–H and O–H groups in total. The molecule has 0 radical (unpaired) electrons. The normalized spacial score (nSPS) is 10.0. The number of nitrogens with zero attached hydrogens (tertiary/aromatic N) is 3. The highest BCUT2D eigenvalue weighted by Crippen LogP contribution is 2.00. The summed E-state index contributed by atoms with van der Waals surface area (Å²) in [6.45, 7) is 0.555. The van der Waals surface area contributed by atoms with Gasteiger partial charge >= 0.3 is 0 Å². The molecule has 6 heteroatoms. The average molecular weight is 234 g/mol. The van der Waals surface area contributed by atoms with E-state index in [2.05, 4.69) is 20.3 Å². The Balaban J connectivity index is 1.81. The summed E-state index contributed by atoms with van der Waals surface area (Å²) in [5, 5.41) is 4.73. The Hall–Kier alpha value is -1.82. The van der Waals surface area contributed by atoms with Gasteiger partial charge in [0.25, 0.3) is 5.91 Å². The van der Waals surface area contributed by atoms with Gasteiger partial charge in [-0.3, -0.25) is 9.78 Å². The molecule has 0 aliphatic rings. The van der Waals surface area contributed by atoms with Crippen LogP contribution < -0.4 is 5.32 Å². The molecule has 2 rings (SSSR count). The van der Waals surface area contributed by atoms with Gasteiger partial charge in [0.05, 0.1) is 17.4 Å². The van der Waals surface area contributed by atoms with E-state index in [0.717, 1.165) is 12.1 Å². The first-order valence-electron chi connectivity index (χ1n) is 4.77. The van der Waals surface area contributed by atoms with Crippen LogP contribution in [0.5, 0.6) is 0 Å². The molecule has 82 valence electrons. The zero-order valence-electron chi connectivity index (χ0n) is 8.46. The molecule has 1 amide bonds. The van der Waals surface area contributed by atoms with Crippen LogP contribution in [0.4, 0.5) is 0 Å². The SMILES string of the molecule is O=C(NCCc1cscn1)c1cnccn1. The summed E-state index contributed by atoms with van der Waals surface area (Å²) in [6, 6.07) is 0. The molecule has 5 nitrogen and oxygen atoms in total. The Labute approximate surface area is 96.6 Å².